The maximum Gasteiger partial charge on any atom is 0.243 e. The van der Waals surface area contributed by atoms with E-state index in [0.29, 0.717) is 16.0 Å². The Labute approximate surface area is 149 Å². The number of thioether (sulfide) groups is 1. The van der Waals surface area contributed by atoms with Gasteiger partial charge >= 0.3 is 0 Å². The molecule has 1 amide bonds. The number of methoxy groups -OCH3 is 1. The number of hydrogen-bond donors (Lipinski definition) is 1. The predicted octanol–water partition coefficient (Wildman–Crippen LogP) is 3.53. The minimum Gasteiger partial charge on any atom is -0.497 e. The van der Waals surface area contributed by atoms with E-state index in [1.807, 2.05) is 54.6 Å². The topological polar surface area (TPSA) is 53.9 Å². The molecule has 0 aromatic heterocycles. The molecule has 1 aliphatic rings. The van der Waals surface area contributed by atoms with Crippen molar-refractivity contribution in [3.63, 3.8) is 0 Å². The van der Waals surface area contributed by atoms with Crippen LogP contribution in [0, 0.1) is 0 Å². The molecule has 0 saturated carbocycles. The molecule has 2 aromatic carbocycles. The highest BCUT2D eigenvalue weighted by Crippen LogP contribution is 2.28. The second kappa shape index (κ2) is 7.46. The van der Waals surface area contributed by atoms with Gasteiger partial charge in [-0.2, -0.15) is 4.99 Å². The van der Waals surface area contributed by atoms with Gasteiger partial charge in [-0.15, -0.1) is 0 Å². The molecule has 1 heterocycles. The van der Waals surface area contributed by atoms with Gasteiger partial charge in [0.05, 0.1) is 18.6 Å². The summed E-state index contributed by atoms with van der Waals surface area (Å²) in [7, 11) is 1.60. The van der Waals surface area contributed by atoms with Gasteiger partial charge in [0, 0.05) is 5.69 Å². The van der Waals surface area contributed by atoms with Crippen LogP contribution in [0.2, 0.25) is 0 Å². The van der Waals surface area contributed by atoms with Gasteiger partial charge in [-0.3, -0.25) is 9.69 Å². The minimum atomic E-state index is -0.0218. The Morgan fingerprint density at radius 1 is 1.21 bits per heavy atom. The van der Waals surface area contributed by atoms with Crippen molar-refractivity contribution in [1.82, 2.24) is 0 Å². The van der Waals surface area contributed by atoms with Gasteiger partial charge in [-0.1, -0.05) is 30.0 Å². The minimum absolute atomic E-state index is 0.0218. The van der Waals surface area contributed by atoms with Gasteiger partial charge in [-0.25, -0.2) is 0 Å². The third-order valence-corrected chi connectivity index (χ3v) is 4.43. The van der Waals surface area contributed by atoms with Crippen LogP contribution >= 0.6 is 24.0 Å². The number of benzene rings is 2. The second-order valence-electron chi connectivity index (χ2n) is 4.91. The molecule has 0 aliphatic carbocycles. The Bertz CT molecular complexity index is 776. The number of carbonyl (C=O) groups is 1. The molecule has 24 heavy (non-hydrogen) atoms. The van der Waals surface area contributed by atoms with Crippen LogP contribution in [0.4, 0.5) is 11.4 Å². The predicted molar refractivity (Wildman–Crippen MR) is 103 cm³/mol. The lowest BCUT2D eigenvalue weighted by molar-refractivity contribution is -0.115. The first-order chi connectivity index (χ1) is 11.7. The van der Waals surface area contributed by atoms with Gasteiger partial charge in [0.25, 0.3) is 0 Å². The van der Waals surface area contributed by atoms with E-state index < -0.39 is 0 Å². The van der Waals surface area contributed by atoms with Crippen molar-refractivity contribution in [2.24, 2.45) is 4.99 Å². The van der Waals surface area contributed by atoms with Gasteiger partial charge in [0.2, 0.25) is 5.91 Å². The number of amides is 1. The fourth-order valence-corrected chi connectivity index (χ4v) is 3.33. The van der Waals surface area contributed by atoms with Crippen LogP contribution < -0.4 is 15.0 Å². The summed E-state index contributed by atoms with van der Waals surface area (Å²) in [6.45, 7) is 0. The molecule has 0 atom stereocenters. The first-order valence-electron chi connectivity index (χ1n) is 7.22. The maximum atomic E-state index is 12.2. The van der Waals surface area contributed by atoms with Crippen LogP contribution in [-0.4, -0.2) is 29.0 Å². The Kier molecular flexibility index (Phi) is 5.12. The number of thiocarbonyl (C=S) groups is 1. The molecule has 7 heteroatoms. The number of rotatable bonds is 3. The van der Waals surface area contributed by atoms with E-state index >= 15 is 0 Å². The Hall–Kier alpha value is -2.38. The second-order valence-corrected chi connectivity index (χ2v) is 6.24. The molecule has 0 spiro atoms. The summed E-state index contributed by atoms with van der Waals surface area (Å²) < 4.78 is 5.15. The lowest BCUT2D eigenvalue weighted by Crippen LogP contribution is -2.30. The first kappa shape index (κ1) is 16.5. The van der Waals surface area contributed by atoms with E-state index in [9.17, 15) is 4.79 Å². The fourth-order valence-electron chi connectivity index (χ4n) is 2.19. The number of anilines is 2. The van der Waals surface area contributed by atoms with Crippen LogP contribution in [0.1, 0.15) is 0 Å². The normalized spacial score (nSPS) is 15.6. The average Bonchev–Trinajstić information content (AvgIpc) is 2.96. The molecule has 1 N–H and O–H groups in total. The Morgan fingerprint density at radius 2 is 1.92 bits per heavy atom. The quantitative estimate of drug-likeness (QED) is 0.852. The molecule has 1 saturated heterocycles. The van der Waals surface area contributed by atoms with Crippen molar-refractivity contribution >= 4 is 51.5 Å². The highest BCUT2D eigenvalue weighted by molar-refractivity contribution is 8.15. The number of aliphatic imine (C=N–C) groups is 1. The lowest BCUT2D eigenvalue weighted by Gasteiger charge is -2.16. The molecule has 1 fully saturated rings. The molecule has 1 aliphatic heterocycles. The number of nitrogens with one attached hydrogen (secondary N) is 1. The van der Waals surface area contributed by atoms with E-state index in [1.165, 1.54) is 11.8 Å². The third-order valence-electron chi connectivity index (χ3n) is 3.32. The molecular formula is C17H15N3O2S2. The Morgan fingerprint density at radius 3 is 2.58 bits per heavy atom. The average molecular weight is 357 g/mol. The smallest absolute Gasteiger partial charge is 0.243 e. The SMILES string of the molecule is COc1ccc(N2C(=O)CS/C2=N\C(=S)Nc2ccccc2)cc1. The van der Waals surface area contributed by atoms with E-state index in [2.05, 4.69) is 10.3 Å². The molecule has 3 rings (SSSR count). The van der Waals surface area contributed by atoms with Crippen molar-refractivity contribution in [3.8, 4) is 5.75 Å². The highest BCUT2D eigenvalue weighted by atomic mass is 32.2. The number of nitrogens with zero attached hydrogens (tertiary/aromatic N) is 2. The van der Waals surface area contributed by atoms with Gasteiger partial charge in [-0.05, 0) is 48.6 Å². The van der Waals surface area contributed by atoms with E-state index in [1.54, 1.807) is 12.0 Å². The fraction of sp³-hybridized carbons (Fsp3) is 0.118. The number of para-hydroxylation sites is 1. The van der Waals surface area contributed by atoms with Crippen LogP contribution in [0.25, 0.3) is 0 Å². The zero-order chi connectivity index (χ0) is 16.9. The number of hydrogen-bond acceptors (Lipinski definition) is 4. The molecular weight excluding hydrogens is 342 g/mol. The summed E-state index contributed by atoms with van der Waals surface area (Å²) in [5.74, 6) is 1.06. The van der Waals surface area contributed by atoms with Crippen LogP contribution in [0.15, 0.2) is 59.6 Å². The zero-order valence-corrected chi connectivity index (χ0v) is 14.6. The molecule has 2 aromatic rings. The highest BCUT2D eigenvalue weighted by Gasteiger charge is 2.30. The van der Waals surface area contributed by atoms with Crippen LogP contribution in [0.5, 0.6) is 5.75 Å². The summed E-state index contributed by atoms with van der Waals surface area (Å²) in [6, 6.07) is 16.8. The van der Waals surface area contributed by atoms with Gasteiger partial charge < -0.3 is 10.1 Å². The van der Waals surface area contributed by atoms with Crippen molar-refractivity contribution in [3.05, 3.63) is 54.6 Å². The summed E-state index contributed by atoms with van der Waals surface area (Å²) in [4.78, 5) is 18.2. The lowest BCUT2D eigenvalue weighted by atomic mass is 10.3. The number of carbonyl (C=O) groups excluding carboxylic acids is 1. The van der Waals surface area contributed by atoms with Crippen molar-refractivity contribution in [1.29, 1.82) is 0 Å². The number of amidine groups is 1. The third kappa shape index (κ3) is 3.74. The summed E-state index contributed by atoms with van der Waals surface area (Å²) >= 11 is 6.65. The van der Waals surface area contributed by atoms with Crippen molar-refractivity contribution < 1.29 is 9.53 Å². The Balaban J connectivity index is 1.80. The molecule has 5 nitrogen and oxygen atoms in total. The molecule has 0 bridgehead atoms. The first-order valence-corrected chi connectivity index (χ1v) is 8.61. The summed E-state index contributed by atoms with van der Waals surface area (Å²) in [5, 5.41) is 3.93. The summed E-state index contributed by atoms with van der Waals surface area (Å²) in [6.07, 6.45) is 0. The van der Waals surface area contributed by atoms with E-state index in [-0.39, 0.29) is 5.91 Å². The standard InChI is InChI=1S/C17H15N3O2S2/c1-22-14-9-7-13(8-10-14)20-15(21)11-24-17(20)19-16(23)18-12-5-3-2-4-6-12/h2-10H,11H2,1H3,(H,18,23)/b19-17-. The largest absolute Gasteiger partial charge is 0.497 e. The van der Waals surface area contributed by atoms with Crippen LogP contribution in [-0.2, 0) is 4.79 Å². The molecule has 0 radical (unpaired) electrons. The van der Waals surface area contributed by atoms with Gasteiger partial charge in [0.1, 0.15) is 5.75 Å². The maximum absolute atomic E-state index is 12.2. The van der Waals surface area contributed by atoms with E-state index in [0.717, 1.165) is 17.1 Å². The van der Waals surface area contributed by atoms with E-state index in [4.69, 9.17) is 17.0 Å². The summed E-state index contributed by atoms with van der Waals surface area (Å²) in [5.41, 5.74) is 1.60. The van der Waals surface area contributed by atoms with Crippen molar-refractivity contribution in [2.75, 3.05) is 23.1 Å². The number of ether oxygens (including phenoxy) is 1. The monoisotopic (exact) mass is 357 g/mol. The zero-order valence-electron chi connectivity index (χ0n) is 12.9. The van der Waals surface area contributed by atoms with Crippen molar-refractivity contribution in [2.45, 2.75) is 0 Å². The van der Waals surface area contributed by atoms with Gasteiger partial charge in [0.15, 0.2) is 10.3 Å². The van der Waals surface area contributed by atoms with Crippen LogP contribution in [0.3, 0.4) is 0 Å². The molecule has 0 unspecified atom stereocenters. The molecule has 122 valence electrons.